The van der Waals surface area contributed by atoms with E-state index in [1.807, 2.05) is 20.2 Å². The van der Waals surface area contributed by atoms with E-state index in [0.29, 0.717) is 10.7 Å². The van der Waals surface area contributed by atoms with Crippen molar-refractivity contribution in [3.05, 3.63) is 17.5 Å². The molecule has 0 unspecified atom stereocenters. The highest BCUT2D eigenvalue weighted by molar-refractivity contribution is 9.09. The number of nitrogens with zero attached hydrogens (tertiary/aromatic N) is 2. The molecule has 0 aromatic carbocycles. The van der Waals surface area contributed by atoms with Crippen molar-refractivity contribution >= 4 is 21.8 Å². The Bertz CT molecular complexity index is 436. The Labute approximate surface area is 123 Å². The molecule has 1 fully saturated rings. The van der Waals surface area contributed by atoms with E-state index in [0.717, 1.165) is 24.2 Å². The number of alkyl halides is 1. The molecule has 0 aliphatic heterocycles. The predicted molar refractivity (Wildman–Crippen MR) is 79.6 cm³/mol. The van der Waals surface area contributed by atoms with Crippen LogP contribution in [0.15, 0.2) is 6.20 Å². The van der Waals surface area contributed by atoms with E-state index >= 15 is 0 Å². The Morgan fingerprint density at radius 2 is 2.16 bits per heavy atom. The quantitative estimate of drug-likeness (QED) is 0.864. The molecule has 0 bridgehead atoms. The standard InChI is InChI=1S/C14H22BrN3O/c1-3-13-12(9-18(2)17-13)14(19)16-8-10-4-6-11(15)7-5-10/h9-11H,3-8H2,1-2H3,(H,16,19). The largest absolute Gasteiger partial charge is 0.352 e. The van der Waals surface area contributed by atoms with Gasteiger partial charge in [-0.2, -0.15) is 5.10 Å². The summed E-state index contributed by atoms with van der Waals surface area (Å²) < 4.78 is 1.71. The minimum absolute atomic E-state index is 0.0194. The molecule has 1 saturated carbocycles. The number of carbonyl (C=O) groups excluding carboxylic acids is 1. The van der Waals surface area contributed by atoms with Crippen molar-refractivity contribution in [2.24, 2.45) is 13.0 Å². The van der Waals surface area contributed by atoms with E-state index in [9.17, 15) is 4.79 Å². The number of halogens is 1. The van der Waals surface area contributed by atoms with Crippen LogP contribution in [-0.2, 0) is 13.5 Å². The van der Waals surface area contributed by atoms with Gasteiger partial charge in [-0.25, -0.2) is 0 Å². The van der Waals surface area contributed by atoms with Crippen molar-refractivity contribution in [2.75, 3.05) is 6.54 Å². The molecule has 0 spiro atoms. The minimum atomic E-state index is 0.0194. The predicted octanol–water partition coefficient (Wildman–Crippen LogP) is 2.67. The van der Waals surface area contributed by atoms with Crippen LogP contribution in [0.5, 0.6) is 0 Å². The molecule has 5 heteroatoms. The third kappa shape index (κ3) is 3.81. The van der Waals surface area contributed by atoms with Crippen LogP contribution in [0.1, 0.15) is 48.7 Å². The maximum atomic E-state index is 12.2. The van der Waals surface area contributed by atoms with Gasteiger partial charge in [0, 0.05) is 24.6 Å². The van der Waals surface area contributed by atoms with Crippen molar-refractivity contribution in [2.45, 2.75) is 43.9 Å². The zero-order valence-corrected chi connectivity index (χ0v) is 13.2. The SMILES string of the molecule is CCc1nn(C)cc1C(=O)NCC1CCC(Br)CC1. The molecular formula is C14H22BrN3O. The Hall–Kier alpha value is -0.840. The van der Waals surface area contributed by atoms with Gasteiger partial charge in [0.05, 0.1) is 11.3 Å². The van der Waals surface area contributed by atoms with E-state index in [-0.39, 0.29) is 5.91 Å². The summed E-state index contributed by atoms with van der Waals surface area (Å²) in [6.45, 7) is 2.81. The fourth-order valence-corrected chi connectivity index (χ4v) is 3.17. The summed E-state index contributed by atoms with van der Waals surface area (Å²) in [5.41, 5.74) is 1.60. The average molecular weight is 328 g/mol. The number of amides is 1. The number of hydrogen-bond donors (Lipinski definition) is 1. The molecule has 1 aliphatic rings. The van der Waals surface area contributed by atoms with Gasteiger partial charge in [0.15, 0.2) is 0 Å². The lowest BCUT2D eigenvalue weighted by molar-refractivity contribution is 0.0943. The first-order valence-corrected chi connectivity index (χ1v) is 7.96. The molecule has 0 radical (unpaired) electrons. The number of aryl methyl sites for hydroxylation is 2. The third-order valence-corrected chi connectivity index (χ3v) is 4.73. The molecule has 4 nitrogen and oxygen atoms in total. The maximum Gasteiger partial charge on any atom is 0.254 e. The Morgan fingerprint density at radius 3 is 2.79 bits per heavy atom. The van der Waals surface area contributed by atoms with Crippen LogP contribution in [0.25, 0.3) is 0 Å². The van der Waals surface area contributed by atoms with E-state index < -0.39 is 0 Å². The Balaban J connectivity index is 1.87. The van der Waals surface area contributed by atoms with Gasteiger partial charge in [-0.1, -0.05) is 22.9 Å². The van der Waals surface area contributed by atoms with Crippen molar-refractivity contribution in [1.29, 1.82) is 0 Å². The number of nitrogens with one attached hydrogen (secondary N) is 1. The first kappa shape index (κ1) is 14.6. The van der Waals surface area contributed by atoms with Crippen LogP contribution in [0.3, 0.4) is 0 Å². The van der Waals surface area contributed by atoms with Gasteiger partial charge in [-0.3, -0.25) is 9.48 Å². The summed E-state index contributed by atoms with van der Waals surface area (Å²) in [5, 5.41) is 7.37. The fourth-order valence-electron chi connectivity index (χ4n) is 2.64. The lowest BCUT2D eigenvalue weighted by Gasteiger charge is -2.25. The zero-order valence-electron chi connectivity index (χ0n) is 11.7. The summed E-state index contributed by atoms with van der Waals surface area (Å²) in [7, 11) is 1.85. The summed E-state index contributed by atoms with van der Waals surface area (Å²) in [4.78, 5) is 12.8. The highest BCUT2D eigenvalue weighted by Crippen LogP contribution is 2.28. The topological polar surface area (TPSA) is 46.9 Å². The first-order valence-electron chi connectivity index (χ1n) is 7.05. The van der Waals surface area contributed by atoms with E-state index in [4.69, 9.17) is 0 Å². The highest BCUT2D eigenvalue weighted by Gasteiger charge is 2.21. The molecule has 1 aromatic heterocycles. The van der Waals surface area contributed by atoms with Crippen LogP contribution in [0.2, 0.25) is 0 Å². The summed E-state index contributed by atoms with van der Waals surface area (Å²) in [6.07, 6.45) is 7.43. The lowest BCUT2D eigenvalue weighted by Crippen LogP contribution is -2.31. The van der Waals surface area contributed by atoms with E-state index in [2.05, 4.69) is 26.3 Å². The maximum absolute atomic E-state index is 12.2. The first-order chi connectivity index (χ1) is 9.10. The number of aromatic nitrogens is 2. The van der Waals surface area contributed by atoms with Gasteiger partial charge >= 0.3 is 0 Å². The number of rotatable bonds is 4. The monoisotopic (exact) mass is 327 g/mol. The minimum Gasteiger partial charge on any atom is -0.352 e. The van der Waals surface area contributed by atoms with E-state index in [1.54, 1.807) is 4.68 Å². The van der Waals surface area contributed by atoms with Crippen molar-refractivity contribution in [1.82, 2.24) is 15.1 Å². The Morgan fingerprint density at radius 1 is 1.47 bits per heavy atom. The van der Waals surface area contributed by atoms with Gasteiger partial charge in [-0.05, 0) is 38.0 Å². The van der Waals surface area contributed by atoms with Crippen LogP contribution in [0, 0.1) is 5.92 Å². The van der Waals surface area contributed by atoms with Crippen molar-refractivity contribution in [3.8, 4) is 0 Å². The summed E-state index contributed by atoms with van der Waals surface area (Å²) >= 11 is 3.66. The molecule has 0 saturated heterocycles. The zero-order chi connectivity index (χ0) is 13.8. The summed E-state index contributed by atoms with van der Waals surface area (Å²) in [5.74, 6) is 0.644. The summed E-state index contributed by atoms with van der Waals surface area (Å²) in [6, 6.07) is 0. The van der Waals surface area contributed by atoms with Gasteiger partial charge in [0.25, 0.3) is 5.91 Å². The lowest BCUT2D eigenvalue weighted by atomic mass is 9.89. The molecule has 2 rings (SSSR count). The molecule has 1 aliphatic carbocycles. The number of hydrogen-bond acceptors (Lipinski definition) is 2. The highest BCUT2D eigenvalue weighted by atomic mass is 79.9. The average Bonchev–Trinajstić information content (AvgIpc) is 2.79. The molecule has 0 atom stereocenters. The van der Waals surface area contributed by atoms with Crippen LogP contribution in [-0.4, -0.2) is 27.1 Å². The van der Waals surface area contributed by atoms with Gasteiger partial charge in [0.2, 0.25) is 0 Å². The molecule has 1 aromatic rings. The van der Waals surface area contributed by atoms with E-state index in [1.165, 1.54) is 25.7 Å². The van der Waals surface area contributed by atoms with Gasteiger partial charge < -0.3 is 5.32 Å². The van der Waals surface area contributed by atoms with Crippen LogP contribution >= 0.6 is 15.9 Å². The Kier molecular flexibility index (Phi) is 5.02. The van der Waals surface area contributed by atoms with Crippen LogP contribution in [0.4, 0.5) is 0 Å². The molecule has 19 heavy (non-hydrogen) atoms. The molecule has 1 heterocycles. The number of carbonyl (C=O) groups is 1. The van der Waals surface area contributed by atoms with Crippen LogP contribution < -0.4 is 5.32 Å². The van der Waals surface area contributed by atoms with Gasteiger partial charge in [0.1, 0.15) is 0 Å². The molecule has 1 amide bonds. The second kappa shape index (κ2) is 6.55. The second-order valence-corrected chi connectivity index (χ2v) is 6.64. The van der Waals surface area contributed by atoms with Crippen molar-refractivity contribution in [3.63, 3.8) is 0 Å². The smallest absolute Gasteiger partial charge is 0.254 e. The second-order valence-electron chi connectivity index (χ2n) is 5.34. The fraction of sp³-hybridized carbons (Fsp3) is 0.714. The van der Waals surface area contributed by atoms with Crippen molar-refractivity contribution < 1.29 is 4.79 Å². The van der Waals surface area contributed by atoms with Gasteiger partial charge in [-0.15, -0.1) is 0 Å². The molecular weight excluding hydrogens is 306 g/mol. The molecule has 106 valence electrons. The molecule has 1 N–H and O–H groups in total. The normalized spacial score (nSPS) is 23.3. The third-order valence-electron chi connectivity index (χ3n) is 3.81.